The molecule has 2 atom stereocenters. The lowest BCUT2D eigenvalue weighted by Crippen LogP contribution is -2.38. The van der Waals surface area contributed by atoms with Crippen molar-refractivity contribution >= 4 is 22.6 Å². The van der Waals surface area contributed by atoms with E-state index in [0.717, 1.165) is 30.9 Å². The van der Waals surface area contributed by atoms with Gasteiger partial charge >= 0.3 is 0 Å². The molecule has 0 radical (unpaired) electrons. The minimum Gasteiger partial charge on any atom is -0.324 e. The molecule has 0 spiro atoms. The minimum atomic E-state index is 0.511. The fourth-order valence-corrected chi connectivity index (χ4v) is 3.53. The third kappa shape index (κ3) is 2.42. The second kappa shape index (κ2) is 5.70. The SMILES string of the molecule is CC1CN(C)CCC1n1c(CCCl)nc2cnccc21. The standard InChI is InChI=1S/C15H21ClN4/c1-11-10-19(2)8-5-13(11)20-14-4-7-17-9-12(14)18-15(20)3-6-16/h4,7,9,11,13H,3,5-6,8,10H2,1-2H3. The maximum absolute atomic E-state index is 5.96. The summed E-state index contributed by atoms with van der Waals surface area (Å²) in [6.07, 6.45) is 5.68. The Labute approximate surface area is 124 Å². The topological polar surface area (TPSA) is 34.0 Å². The highest BCUT2D eigenvalue weighted by Crippen LogP contribution is 2.32. The maximum Gasteiger partial charge on any atom is 0.111 e. The van der Waals surface area contributed by atoms with Crippen LogP contribution in [-0.4, -0.2) is 45.5 Å². The summed E-state index contributed by atoms with van der Waals surface area (Å²) in [4.78, 5) is 11.3. The second-order valence-electron chi connectivity index (χ2n) is 5.80. The van der Waals surface area contributed by atoms with E-state index >= 15 is 0 Å². The maximum atomic E-state index is 5.96. The van der Waals surface area contributed by atoms with Gasteiger partial charge in [-0.25, -0.2) is 4.98 Å². The van der Waals surface area contributed by atoms with Crippen LogP contribution in [0.15, 0.2) is 18.5 Å². The van der Waals surface area contributed by atoms with E-state index < -0.39 is 0 Å². The number of imidazole rings is 1. The second-order valence-corrected chi connectivity index (χ2v) is 6.17. The summed E-state index contributed by atoms with van der Waals surface area (Å²) < 4.78 is 2.41. The average Bonchev–Trinajstić information content (AvgIpc) is 2.78. The van der Waals surface area contributed by atoms with Gasteiger partial charge in [0, 0.05) is 31.1 Å². The van der Waals surface area contributed by atoms with Gasteiger partial charge in [-0.3, -0.25) is 4.98 Å². The molecule has 1 aliphatic rings. The molecular formula is C15H21ClN4. The van der Waals surface area contributed by atoms with Crippen LogP contribution in [0.2, 0.25) is 0 Å². The van der Waals surface area contributed by atoms with E-state index in [0.29, 0.717) is 17.8 Å². The number of aryl methyl sites for hydroxylation is 1. The van der Waals surface area contributed by atoms with Crippen LogP contribution in [0.25, 0.3) is 11.0 Å². The molecule has 3 heterocycles. The molecule has 0 N–H and O–H groups in total. The van der Waals surface area contributed by atoms with Gasteiger partial charge in [0.25, 0.3) is 0 Å². The van der Waals surface area contributed by atoms with E-state index in [1.807, 2.05) is 12.4 Å². The molecule has 1 fully saturated rings. The number of halogens is 1. The highest BCUT2D eigenvalue weighted by molar-refractivity contribution is 6.17. The molecule has 0 amide bonds. The van der Waals surface area contributed by atoms with Crippen molar-refractivity contribution in [1.82, 2.24) is 19.4 Å². The highest BCUT2D eigenvalue weighted by atomic mass is 35.5. The largest absolute Gasteiger partial charge is 0.324 e. The number of piperidine rings is 1. The summed E-state index contributed by atoms with van der Waals surface area (Å²) in [5.41, 5.74) is 2.18. The molecule has 0 saturated carbocycles. The molecule has 1 aliphatic heterocycles. The molecule has 0 aromatic carbocycles. The first-order valence-electron chi connectivity index (χ1n) is 7.26. The van der Waals surface area contributed by atoms with E-state index in [-0.39, 0.29) is 0 Å². The van der Waals surface area contributed by atoms with Crippen molar-refractivity contribution in [3.63, 3.8) is 0 Å². The van der Waals surface area contributed by atoms with Gasteiger partial charge in [-0.05, 0) is 32.0 Å². The molecule has 108 valence electrons. The Kier molecular flexibility index (Phi) is 3.94. The van der Waals surface area contributed by atoms with Crippen molar-refractivity contribution in [3.05, 3.63) is 24.3 Å². The quantitative estimate of drug-likeness (QED) is 0.816. The van der Waals surface area contributed by atoms with E-state index in [2.05, 4.69) is 34.5 Å². The van der Waals surface area contributed by atoms with Crippen LogP contribution >= 0.6 is 11.6 Å². The zero-order valence-electron chi connectivity index (χ0n) is 12.1. The van der Waals surface area contributed by atoms with Crippen LogP contribution < -0.4 is 0 Å². The summed E-state index contributed by atoms with van der Waals surface area (Å²) in [5, 5.41) is 0. The van der Waals surface area contributed by atoms with Gasteiger partial charge in [-0.1, -0.05) is 6.92 Å². The Bertz CT molecular complexity index is 595. The Morgan fingerprint density at radius 1 is 1.45 bits per heavy atom. The molecule has 0 aliphatic carbocycles. The first-order valence-corrected chi connectivity index (χ1v) is 7.79. The number of hydrogen-bond acceptors (Lipinski definition) is 3. The van der Waals surface area contributed by atoms with E-state index in [9.17, 15) is 0 Å². The molecule has 5 heteroatoms. The molecule has 2 aromatic rings. The van der Waals surface area contributed by atoms with Crippen LogP contribution in [0.4, 0.5) is 0 Å². The number of fused-ring (bicyclic) bond motifs is 1. The minimum absolute atomic E-state index is 0.511. The van der Waals surface area contributed by atoms with Crippen LogP contribution in [0.3, 0.4) is 0 Å². The van der Waals surface area contributed by atoms with Crippen molar-refractivity contribution in [2.24, 2.45) is 5.92 Å². The van der Waals surface area contributed by atoms with Crippen LogP contribution in [0.5, 0.6) is 0 Å². The van der Waals surface area contributed by atoms with Crippen LogP contribution in [-0.2, 0) is 6.42 Å². The molecule has 0 bridgehead atoms. The van der Waals surface area contributed by atoms with Crippen molar-refractivity contribution in [1.29, 1.82) is 0 Å². The normalized spacial score (nSPS) is 24.4. The Balaban J connectivity index is 2.06. The number of rotatable bonds is 3. The predicted octanol–water partition coefficient (Wildman–Crippen LogP) is 2.73. The summed E-state index contributed by atoms with van der Waals surface area (Å²) in [6.45, 7) is 4.60. The third-order valence-corrected chi connectivity index (χ3v) is 4.47. The molecule has 1 saturated heterocycles. The molecule has 3 rings (SSSR count). The lowest BCUT2D eigenvalue weighted by molar-refractivity contribution is 0.159. The third-order valence-electron chi connectivity index (χ3n) is 4.28. The zero-order valence-corrected chi connectivity index (χ0v) is 12.8. The lowest BCUT2D eigenvalue weighted by Gasteiger charge is -2.36. The molecule has 4 nitrogen and oxygen atoms in total. The van der Waals surface area contributed by atoms with Gasteiger partial charge in [0.15, 0.2) is 0 Å². The first-order chi connectivity index (χ1) is 9.70. The average molecular weight is 293 g/mol. The molecule has 2 aromatic heterocycles. The van der Waals surface area contributed by atoms with Gasteiger partial charge < -0.3 is 9.47 Å². The van der Waals surface area contributed by atoms with E-state index in [4.69, 9.17) is 16.6 Å². The molecule has 20 heavy (non-hydrogen) atoms. The first kappa shape index (κ1) is 13.8. The van der Waals surface area contributed by atoms with Gasteiger partial charge in [0.1, 0.15) is 11.3 Å². The van der Waals surface area contributed by atoms with Gasteiger partial charge in [-0.2, -0.15) is 0 Å². The highest BCUT2D eigenvalue weighted by Gasteiger charge is 2.28. The Hall–Kier alpha value is -1.13. The van der Waals surface area contributed by atoms with Gasteiger partial charge in [0.05, 0.1) is 11.7 Å². The number of likely N-dealkylation sites (tertiary alicyclic amines) is 1. The van der Waals surface area contributed by atoms with Crippen molar-refractivity contribution in [3.8, 4) is 0 Å². The van der Waals surface area contributed by atoms with Crippen molar-refractivity contribution in [2.45, 2.75) is 25.8 Å². The summed E-state index contributed by atoms with van der Waals surface area (Å²) in [7, 11) is 2.20. The van der Waals surface area contributed by atoms with Crippen molar-refractivity contribution < 1.29 is 0 Å². The number of alkyl halides is 1. The Morgan fingerprint density at radius 2 is 2.30 bits per heavy atom. The zero-order chi connectivity index (χ0) is 14.1. The van der Waals surface area contributed by atoms with Gasteiger partial charge in [0.2, 0.25) is 0 Å². The van der Waals surface area contributed by atoms with Crippen molar-refractivity contribution in [2.75, 3.05) is 26.0 Å². The van der Waals surface area contributed by atoms with Crippen LogP contribution in [0, 0.1) is 5.92 Å². The fraction of sp³-hybridized carbons (Fsp3) is 0.600. The van der Waals surface area contributed by atoms with Crippen LogP contribution in [0.1, 0.15) is 25.2 Å². The summed E-state index contributed by atoms with van der Waals surface area (Å²) >= 11 is 5.96. The van der Waals surface area contributed by atoms with E-state index in [1.54, 1.807) is 0 Å². The predicted molar refractivity (Wildman–Crippen MR) is 82.3 cm³/mol. The Morgan fingerprint density at radius 3 is 3.05 bits per heavy atom. The lowest BCUT2D eigenvalue weighted by atomic mass is 9.93. The number of hydrogen-bond donors (Lipinski definition) is 0. The molecular weight excluding hydrogens is 272 g/mol. The number of nitrogens with zero attached hydrogens (tertiary/aromatic N) is 4. The van der Waals surface area contributed by atoms with E-state index in [1.165, 1.54) is 11.9 Å². The number of aromatic nitrogens is 3. The summed E-state index contributed by atoms with van der Waals surface area (Å²) in [6, 6.07) is 2.59. The smallest absolute Gasteiger partial charge is 0.111 e. The monoisotopic (exact) mass is 292 g/mol. The summed E-state index contributed by atoms with van der Waals surface area (Å²) in [5.74, 6) is 2.33. The molecule has 2 unspecified atom stereocenters. The fourth-order valence-electron chi connectivity index (χ4n) is 3.36. The van der Waals surface area contributed by atoms with Gasteiger partial charge in [-0.15, -0.1) is 11.6 Å². The number of pyridine rings is 1.